The van der Waals surface area contributed by atoms with Crippen molar-refractivity contribution in [1.82, 2.24) is 10.2 Å². The quantitative estimate of drug-likeness (QED) is 0.738. The highest BCUT2D eigenvalue weighted by Gasteiger charge is 2.28. The van der Waals surface area contributed by atoms with Gasteiger partial charge in [-0.2, -0.15) is 0 Å². The predicted molar refractivity (Wildman–Crippen MR) is 62.1 cm³/mol. The number of rotatable bonds is 5. The van der Waals surface area contributed by atoms with Crippen LogP contribution in [-0.4, -0.2) is 49.8 Å². The number of morpholine rings is 1. The van der Waals surface area contributed by atoms with Crippen LogP contribution in [0.5, 0.6) is 0 Å². The molecule has 1 aliphatic carbocycles. The van der Waals surface area contributed by atoms with Crippen LogP contribution in [0.25, 0.3) is 0 Å². The van der Waals surface area contributed by atoms with Crippen LogP contribution in [0.15, 0.2) is 0 Å². The molecule has 0 spiro atoms. The molecule has 1 saturated heterocycles. The maximum atomic E-state index is 5.39. The van der Waals surface area contributed by atoms with E-state index in [1.54, 1.807) is 0 Å². The van der Waals surface area contributed by atoms with Gasteiger partial charge in [-0.1, -0.05) is 0 Å². The summed E-state index contributed by atoms with van der Waals surface area (Å²) in [6.07, 6.45) is 2.87. The molecule has 0 aromatic heterocycles. The third-order valence-corrected chi connectivity index (χ3v) is 3.55. The van der Waals surface area contributed by atoms with Gasteiger partial charge in [-0.05, 0) is 39.2 Å². The van der Waals surface area contributed by atoms with Crippen molar-refractivity contribution in [2.24, 2.45) is 5.92 Å². The Labute approximate surface area is 93.2 Å². The van der Waals surface area contributed by atoms with E-state index in [2.05, 4.69) is 24.1 Å². The summed E-state index contributed by atoms with van der Waals surface area (Å²) in [4.78, 5) is 2.54. The predicted octanol–water partition coefficient (Wildman–Crippen LogP) is 1.10. The Bertz CT molecular complexity index is 196. The first-order valence-corrected chi connectivity index (χ1v) is 6.22. The maximum absolute atomic E-state index is 5.39. The van der Waals surface area contributed by atoms with Gasteiger partial charge in [0.25, 0.3) is 0 Å². The van der Waals surface area contributed by atoms with Crippen LogP contribution in [0.4, 0.5) is 0 Å². The van der Waals surface area contributed by atoms with E-state index in [0.717, 1.165) is 38.8 Å². The average molecular weight is 212 g/mol. The minimum Gasteiger partial charge on any atom is -0.379 e. The molecule has 0 aromatic rings. The van der Waals surface area contributed by atoms with Gasteiger partial charge in [-0.15, -0.1) is 0 Å². The van der Waals surface area contributed by atoms with E-state index in [4.69, 9.17) is 4.74 Å². The van der Waals surface area contributed by atoms with Crippen LogP contribution < -0.4 is 5.32 Å². The number of hydrogen-bond acceptors (Lipinski definition) is 3. The molecule has 88 valence electrons. The van der Waals surface area contributed by atoms with Crippen LogP contribution in [0.1, 0.15) is 26.7 Å². The normalized spacial score (nSPS) is 24.4. The van der Waals surface area contributed by atoms with Gasteiger partial charge in [0.2, 0.25) is 0 Å². The second-order valence-electron chi connectivity index (χ2n) is 5.49. The topological polar surface area (TPSA) is 24.5 Å². The molecule has 3 heteroatoms. The van der Waals surface area contributed by atoms with Gasteiger partial charge in [-0.3, -0.25) is 4.90 Å². The van der Waals surface area contributed by atoms with Gasteiger partial charge in [0.1, 0.15) is 0 Å². The molecule has 0 atom stereocenters. The number of ether oxygens (including phenoxy) is 1. The molecule has 2 aliphatic rings. The largest absolute Gasteiger partial charge is 0.379 e. The van der Waals surface area contributed by atoms with Crippen LogP contribution in [0, 0.1) is 5.92 Å². The Hall–Kier alpha value is -0.120. The number of nitrogens with zero attached hydrogens (tertiary/aromatic N) is 1. The summed E-state index contributed by atoms with van der Waals surface area (Å²) < 4.78 is 5.39. The van der Waals surface area contributed by atoms with Crippen LogP contribution in [-0.2, 0) is 4.74 Å². The summed E-state index contributed by atoms with van der Waals surface area (Å²) in [6.45, 7) is 10.9. The van der Waals surface area contributed by atoms with Crippen LogP contribution in [0.3, 0.4) is 0 Å². The van der Waals surface area contributed by atoms with Crippen molar-refractivity contribution in [3.63, 3.8) is 0 Å². The van der Waals surface area contributed by atoms with Crippen LogP contribution >= 0.6 is 0 Å². The fraction of sp³-hybridized carbons (Fsp3) is 1.00. The smallest absolute Gasteiger partial charge is 0.0594 e. The molecule has 1 saturated carbocycles. The minimum atomic E-state index is 0.276. The lowest BCUT2D eigenvalue weighted by Gasteiger charge is -2.41. The molecule has 1 heterocycles. The average Bonchev–Trinajstić information content (AvgIpc) is 3.03. The number of hydrogen-bond donors (Lipinski definition) is 1. The second kappa shape index (κ2) is 4.81. The Balaban J connectivity index is 1.70. The molecule has 0 radical (unpaired) electrons. The Kier molecular flexibility index (Phi) is 3.65. The first kappa shape index (κ1) is 11.4. The summed E-state index contributed by atoms with van der Waals surface area (Å²) in [5.74, 6) is 0.977. The first-order chi connectivity index (χ1) is 7.18. The molecule has 0 unspecified atom stereocenters. The highest BCUT2D eigenvalue weighted by molar-refractivity contribution is 4.86. The zero-order valence-corrected chi connectivity index (χ0v) is 10.1. The second-order valence-corrected chi connectivity index (χ2v) is 5.49. The molecule has 1 N–H and O–H groups in total. The molecule has 0 amide bonds. The Morgan fingerprint density at radius 3 is 2.53 bits per heavy atom. The Morgan fingerprint density at radius 2 is 1.93 bits per heavy atom. The minimum absolute atomic E-state index is 0.276. The SMILES string of the molecule is CC(C)(CNCC1CC1)N1CCOCC1. The van der Waals surface area contributed by atoms with Crippen molar-refractivity contribution in [2.45, 2.75) is 32.2 Å². The highest BCUT2D eigenvalue weighted by Crippen LogP contribution is 2.27. The summed E-state index contributed by atoms with van der Waals surface area (Å²) in [6, 6.07) is 0. The van der Waals surface area contributed by atoms with E-state index >= 15 is 0 Å². The van der Waals surface area contributed by atoms with E-state index < -0.39 is 0 Å². The summed E-state index contributed by atoms with van der Waals surface area (Å²) >= 11 is 0. The van der Waals surface area contributed by atoms with Gasteiger partial charge in [0.05, 0.1) is 13.2 Å². The van der Waals surface area contributed by atoms with Crippen molar-refractivity contribution < 1.29 is 4.74 Å². The molecule has 1 aliphatic heterocycles. The van der Waals surface area contributed by atoms with Gasteiger partial charge in [0, 0.05) is 25.2 Å². The molecular weight excluding hydrogens is 188 g/mol. The fourth-order valence-corrected chi connectivity index (χ4v) is 2.18. The maximum Gasteiger partial charge on any atom is 0.0594 e. The van der Waals surface area contributed by atoms with Gasteiger partial charge in [-0.25, -0.2) is 0 Å². The van der Waals surface area contributed by atoms with E-state index in [0.29, 0.717) is 0 Å². The molecular formula is C12H24N2O. The first-order valence-electron chi connectivity index (χ1n) is 6.22. The molecule has 0 bridgehead atoms. The van der Waals surface area contributed by atoms with Crippen molar-refractivity contribution in [2.75, 3.05) is 39.4 Å². The zero-order valence-electron chi connectivity index (χ0n) is 10.1. The highest BCUT2D eigenvalue weighted by atomic mass is 16.5. The third kappa shape index (κ3) is 3.44. The molecule has 2 rings (SSSR count). The van der Waals surface area contributed by atoms with Crippen molar-refractivity contribution in [3.05, 3.63) is 0 Å². The lowest BCUT2D eigenvalue weighted by molar-refractivity contribution is -0.00959. The monoisotopic (exact) mass is 212 g/mol. The fourth-order valence-electron chi connectivity index (χ4n) is 2.18. The van der Waals surface area contributed by atoms with Crippen LogP contribution in [0.2, 0.25) is 0 Å². The van der Waals surface area contributed by atoms with Gasteiger partial charge in [0.15, 0.2) is 0 Å². The molecule has 15 heavy (non-hydrogen) atoms. The summed E-state index contributed by atoms with van der Waals surface area (Å²) in [5, 5.41) is 3.60. The van der Waals surface area contributed by atoms with Gasteiger partial charge < -0.3 is 10.1 Å². The third-order valence-electron chi connectivity index (χ3n) is 3.55. The molecule has 2 fully saturated rings. The van der Waals surface area contributed by atoms with Crippen molar-refractivity contribution >= 4 is 0 Å². The standard InChI is InChI=1S/C12H24N2O/c1-12(2,10-13-9-11-3-4-11)14-5-7-15-8-6-14/h11,13H,3-10H2,1-2H3. The Morgan fingerprint density at radius 1 is 1.27 bits per heavy atom. The van der Waals surface area contributed by atoms with E-state index in [-0.39, 0.29) is 5.54 Å². The van der Waals surface area contributed by atoms with E-state index in [1.165, 1.54) is 19.4 Å². The summed E-state index contributed by atoms with van der Waals surface area (Å²) in [5.41, 5.74) is 0.276. The van der Waals surface area contributed by atoms with Crippen molar-refractivity contribution in [3.8, 4) is 0 Å². The van der Waals surface area contributed by atoms with Crippen molar-refractivity contribution in [1.29, 1.82) is 0 Å². The molecule has 3 nitrogen and oxygen atoms in total. The lowest BCUT2D eigenvalue weighted by Crippen LogP contribution is -2.54. The van der Waals surface area contributed by atoms with Gasteiger partial charge >= 0.3 is 0 Å². The van der Waals surface area contributed by atoms with E-state index in [1.807, 2.05) is 0 Å². The lowest BCUT2D eigenvalue weighted by atomic mass is 10.0. The van der Waals surface area contributed by atoms with E-state index in [9.17, 15) is 0 Å². The zero-order chi connectivity index (χ0) is 10.7. The summed E-state index contributed by atoms with van der Waals surface area (Å²) in [7, 11) is 0. The number of nitrogens with one attached hydrogen (secondary N) is 1. The molecule has 0 aromatic carbocycles.